The molecule has 0 aliphatic rings. The van der Waals surface area contributed by atoms with Crippen LogP contribution in [0, 0.1) is 6.92 Å². The molecular formula is C12H19N7O. The van der Waals surface area contributed by atoms with E-state index in [1.165, 1.54) is 0 Å². The number of anilines is 2. The first-order chi connectivity index (χ1) is 9.63. The maximum Gasteiger partial charge on any atom is 0.323 e. The number of hydrogen-bond donors (Lipinski definition) is 2. The van der Waals surface area contributed by atoms with Gasteiger partial charge in [-0.25, -0.2) is 0 Å². The van der Waals surface area contributed by atoms with Crippen LogP contribution in [-0.4, -0.2) is 38.4 Å². The van der Waals surface area contributed by atoms with Gasteiger partial charge in [-0.1, -0.05) is 0 Å². The highest BCUT2D eigenvalue weighted by Crippen LogP contribution is 2.13. The Morgan fingerprint density at radius 1 is 1.25 bits per heavy atom. The first kappa shape index (κ1) is 14.0. The Morgan fingerprint density at radius 3 is 2.60 bits per heavy atom. The smallest absolute Gasteiger partial charge is 0.323 e. The van der Waals surface area contributed by atoms with Crippen LogP contribution in [-0.2, 0) is 13.6 Å². The van der Waals surface area contributed by atoms with Crippen molar-refractivity contribution in [1.29, 1.82) is 0 Å². The summed E-state index contributed by atoms with van der Waals surface area (Å²) in [5.74, 6) is 0.935. The summed E-state index contributed by atoms with van der Waals surface area (Å²) < 4.78 is 7.14. The number of nitrogens with one attached hydrogen (secondary N) is 2. The van der Waals surface area contributed by atoms with Crippen LogP contribution in [0.1, 0.15) is 18.2 Å². The van der Waals surface area contributed by atoms with Gasteiger partial charge in [0.15, 0.2) is 0 Å². The topological polar surface area (TPSA) is 89.8 Å². The molecule has 0 spiro atoms. The highest BCUT2D eigenvalue weighted by Gasteiger charge is 2.08. The number of nitrogens with zero attached hydrogens (tertiary/aromatic N) is 5. The minimum Gasteiger partial charge on any atom is -0.464 e. The largest absolute Gasteiger partial charge is 0.464 e. The van der Waals surface area contributed by atoms with Crippen molar-refractivity contribution < 1.29 is 4.74 Å². The molecule has 0 amide bonds. The van der Waals surface area contributed by atoms with Gasteiger partial charge in [-0.15, -0.1) is 0 Å². The molecule has 2 rings (SSSR count). The number of aryl methyl sites for hydroxylation is 1. The van der Waals surface area contributed by atoms with Gasteiger partial charge in [-0.2, -0.15) is 20.1 Å². The molecule has 0 radical (unpaired) electrons. The third kappa shape index (κ3) is 3.14. The molecule has 0 atom stereocenters. The van der Waals surface area contributed by atoms with Gasteiger partial charge >= 0.3 is 6.01 Å². The lowest BCUT2D eigenvalue weighted by molar-refractivity contribution is 0.312. The molecule has 0 unspecified atom stereocenters. The van der Waals surface area contributed by atoms with E-state index in [2.05, 4.69) is 30.7 Å². The van der Waals surface area contributed by atoms with Crippen molar-refractivity contribution in [3.63, 3.8) is 0 Å². The van der Waals surface area contributed by atoms with Crippen LogP contribution in [0.4, 0.5) is 11.9 Å². The zero-order valence-electron chi connectivity index (χ0n) is 12.1. The van der Waals surface area contributed by atoms with Crippen molar-refractivity contribution in [2.45, 2.75) is 20.4 Å². The Hall–Kier alpha value is -2.38. The predicted molar refractivity (Wildman–Crippen MR) is 75.8 cm³/mol. The molecule has 0 fully saturated rings. The fourth-order valence-electron chi connectivity index (χ4n) is 1.63. The fourth-order valence-corrected chi connectivity index (χ4v) is 1.63. The van der Waals surface area contributed by atoms with Crippen LogP contribution in [0.2, 0.25) is 0 Å². The maximum absolute atomic E-state index is 5.31. The first-order valence-electron chi connectivity index (χ1n) is 6.42. The molecular weight excluding hydrogens is 258 g/mol. The highest BCUT2D eigenvalue weighted by atomic mass is 16.5. The van der Waals surface area contributed by atoms with Gasteiger partial charge in [0.05, 0.1) is 12.8 Å². The Kier molecular flexibility index (Phi) is 4.34. The number of ether oxygens (including phenoxy) is 1. The number of hydrogen-bond acceptors (Lipinski definition) is 7. The van der Waals surface area contributed by atoms with Crippen LogP contribution < -0.4 is 15.4 Å². The summed E-state index contributed by atoms with van der Waals surface area (Å²) in [6.07, 6.45) is 1.83. The van der Waals surface area contributed by atoms with Crippen molar-refractivity contribution in [2.24, 2.45) is 7.05 Å². The second-order valence-electron chi connectivity index (χ2n) is 4.18. The summed E-state index contributed by atoms with van der Waals surface area (Å²) >= 11 is 0. The van der Waals surface area contributed by atoms with Crippen LogP contribution in [0.5, 0.6) is 6.01 Å². The summed E-state index contributed by atoms with van der Waals surface area (Å²) in [7, 11) is 3.66. The van der Waals surface area contributed by atoms with E-state index in [4.69, 9.17) is 4.74 Å². The van der Waals surface area contributed by atoms with Crippen molar-refractivity contribution >= 4 is 11.9 Å². The quantitative estimate of drug-likeness (QED) is 0.813. The molecule has 0 aromatic carbocycles. The van der Waals surface area contributed by atoms with Crippen molar-refractivity contribution in [3.05, 3.63) is 17.5 Å². The van der Waals surface area contributed by atoms with Crippen molar-refractivity contribution in [1.82, 2.24) is 24.7 Å². The minimum absolute atomic E-state index is 0.303. The molecule has 0 aliphatic heterocycles. The summed E-state index contributed by atoms with van der Waals surface area (Å²) in [5, 5.41) is 10.2. The molecule has 20 heavy (non-hydrogen) atoms. The van der Waals surface area contributed by atoms with Gasteiger partial charge in [0.2, 0.25) is 11.9 Å². The monoisotopic (exact) mass is 277 g/mol. The molecule has 0 aliphatic carbocycles. The van der Waals surface area contributed by atoms with Gasteiger partial charge < -0.3 is 15.4 Å². The van der Waals surface area contributed by atoms with Crippen LogP contribution in [0.25, 0.3) is 0 Å². The van der Waals surface area contributed by atoms with E-state index < -0.39 is 0 Å². The Bertz CT molecular complexity index is 581. The van der Waals surface area contributed by atoms with E-state index in [-0.39, 0.29) is 0 Å². The van der Waals surface area contributed by atoms with Crippen molar-refractivity contribution in [2.75, 3.05) is 24.3 Å². The summed E-state index contributed by atoms with van der Waals surface area (Å²) in [6.45, 7) is 5.00. The Morgan fingerprint density at radius 2 is 2.00 bits per heavy atom. The van der Waals surface area contributed by atoms with Gasteiger partial charge in [-0.05, 0) is 13.8 Å². The average molecular weight is 277 g/mol. The zero-order chi connectivity index (χ0) is 14.5. The lowest BCUT2D eigenvalue weighted by Gasteiger charge is -2.08. The van der Waals surface area contributed by atoms with E-state index in [9.17, 15) is 0 Å². The second-order valence-corrected chi connectivity index (χ2v) is 4.18. The highest BCUT2D eigenvalue weighted by molar-refractivity contribution is 5.36. The molecule has 2 aromatic heterocycles. The van der Waals surface area contributed by atoms with Crippen LogP contribution in [0.3, 0.4) is 0 Å². The third-order valence-corrected chi connectivity index (χ3v) is 2.89. The van der Waals surface area contributed by atoms with Crippen LogP contribution in [0.15, 0.2) is 6.20 Å². The molecule has 8 heteroatoms. The van der Waals surface area contributed by atoms with Gasteiger partial charge in [0, 0.05) is 31.9 Å². The van der Waals surface area contributed by atoms with Gasteiger partial charge in [0.1, 0.15) is 0 Å². The van der Waals surface area contributed by atoms with E-state index in [1.807, 2.05) is 31.8 Å². The molecule has 2 aromatic rings. The normalized spacial score (nSPS) is 10.4. The minimum atomic E-state index is 0.303. The average Bonchev–Trinajstić information content (AvgIpc) is 2.77. The number of aromatic nitrogens is 5. The predicted octanol–water partition coefficient (Wildman–Crippen LogP) is 0.966. The number of rotatable bonds is 6. The van der Waals surface area contributed by atoms with Gasteiger partial charge in [0.25, 0.3) is 0 Å². The summed E-state index contributed by atoms with van der Waals surface area (Å²) in [6, 6.07) is 0.303. The lowest BCUT2D eigenvalue weighted by atomic mass is 10.2. The molecule has 8 nitrogen and oxygen atoms in total. The van der Waals surface area contributed by atoms with Crippen molar-refractivity contribution in [3.8, 4) is 6.01 Å². The first-order valence-corrected chi connectivity index (χ1v) is 6.42. The SMILES string of the molecule is CCOc1nc(NC)nc(NCc2cnn(C)c2C)n1. The molecule has 0 saturated heterocycles. The lowest BCUT2D eigenvalue weighted by Crippen LogP contribution is -2.09. The standard InChI is InChI=1S/C12H19N7O/c1-5-20-12-17-10(13-3)16-11(18-12)14-6-9-7-15-19(4)8(9)2/h7H,5-6H2,1-4H3,(H2,13,14,16,17,18). The Balaban J connectivity index is 2.12. The van der Waals surface area contributed by atoms with E-state index in [0.717, 1.165) is 11.3 Å². The fraction of sp³-hybridized carbons (Fsp3) is 0.500. The summed E-state index contributed by atoms with van der Waals surface area (Å²) in [4.78, 5) is 12.5. The van der Waals surface area contributed by atoms with Gasteiger partial charge in [-0.3, -0.25) is 4.68 Å². The maximum atomic E-state index is 5.31. The van der Waals surface area contributed by atoms with Crippen LogP contribution >= 0.6 is 0 Å². The molecule has 108 valence electrons. The molecule has 2 heterocycles. The second kappa shape index (κ2) is 6.18. The summed E-state index contributed by atoms with van der Waals surface area (Å²) in [5.41, 5.74) is 2.20. The van der Waals surface area contributed by atoms with E-state index >= 15 is 0 Å². The zero-order valence-corrected chi connectivity index (χ0v) is 12.1. The third-order valence-electron chi connectivity index (χ3n) is 2.89. The van der Waals surface area contributed by atoms with E-state index in [0.29, 0.717) is 31.1 Å². The molecule has 0 saturated carbocycles. The van der Waals surface area contributed by atoms with E-state index in [1.54, 1.807) is 7.05 Å². The Labute approximate surface area is 117 Å². The molecule has 0 bridgehead atoms. The molecule has 2 N–H and O–H groups in total.